The monoisotopic (exact) mass is 353 g/mol. The van der Waals surface area contributed by atoms with E-state index in [2.05, 4.69) is 10.2 Å². The second-order valence-corrected chi connectivity index (χ2v) is 6.03. The Morgan fingerprint density at radius 3 is 2.28 bits per heavy atom. The van der Waals surface area contributed by atoms with Gasteiger partial charge in [-0.25, -0.2) is 0 Å². The number of unbranched alkanes of at least 4 members (excludes halogenated alkanes) is 3. The van der Waals surface area contributed by atoms with E-state index in [9.17, 15) is 14.9 Å². The normalized spacial score (nSPS) is 11.7. The first-order valence-corrected chi connectivity index (χ1v) is 8.39. The summed E-state index contributed by atoms with van der Waals surface area (Å²) in [6, 6.07) is 3.20. The summed E-state index contributed by atoms with van der Waals surface area (Å²) >= 11 is 0. The van der Waals surface area contributed by atoms with Crippen LogP contribution in [0.2, 0.25) is 0 Å². The Bertz CT molecular complexity index is 567. The molecule has 0 aliphatic heterocycles. The lowest BCUT2D eigenvalue weighted by molar-refractivity contribution is -0.757. The van der Waals surface area contributed by atoms with Crippen LogP contribution in [0.1, 0.15) is 43.7 Å². The summed E-state index contributed by atoms with van der Waals surface area (Å²) in [6.07, 6.45) is 3.30. The highest BCUT2D eigenvalue weighted by molar-refractivity contribution is 5.95. The molecule has 0 bridgehead atoms. The number of anilines is 1. The van der Waals surface area contributed by atoms with Gasteiger partial charge < -0.3 is 20.6 Å². The number of nitrogens with one attached hydrogen (secondary N) is 1. The van der Waals surface area contributed by atoms with E-state index in [1.54, 1.807) is 6.92 Å². The summed E-state index contributed by atoms with van der Waals surface area (Å²) in [7, 11) is 0. The molecule has 0 spiro atoms. The van der Waals surface area contributed by atoms with Crippen molar-refractivity contribution in [2.45, 2.75) is 52.5 Å². The second kappa shape index (κ2) is 10.5. The SMILES string of the molecule is Cc1cc(OCCCCCCO[N+](=O)[O-])cc(C)c1NC(=O)C(C)N. The molecule has 140 valence electrons. The summed E-state index contributed by atoms with van der Waals surface area (Å²) < 4.78 is 5.74. The fourth-order valence-electron chi connectivity index (χ4n) is 2.33. The van der Waals surface area contributed by atoms with E-state index in [1.807, 2.05) is 26.0 Å². The zero-order chi connectivity index (χ0) is 18.8. The van der Waals surface area contributed by atoms with E-state index in [0.717, 1.165) is 41.8 Å². The first-order valence-electron chi connectivity index (χ1n) is 8.39. The van der Waals surface area contributed by atoms with E-state index in [4.69, 9.17) is 10.5 Å². The lowest BCUT2D eigenvalue weighted by Crippen LogP contribution is -2.32. The van der Waals surface area contributed by atoms with E-state index < -0.39 is 11.1 Å². The zero-order valence-corrected chi connectivity index (χ0v) is 15.0. The number of nitrogens with two attached hydrogens (primary N) is 1. The van der Waals surface area contributed by atoms with Crippen molar-refractivity contribution >= 4 is 11.6 Å². The second-order valence-electron chi connectivity index (χ2n) is 6.03. The third-order valence-electron chi connectivity index (χ3n) is 3.67. The molecule has 1 aromatic carbocycles. The molecule has 8 heteroatoms. The van der Waals surface area contributed by atoms with Gasteiger partial charge in [-0.2, -0.15) is 0 Å². The molecule has 8 nitrogen and oxygen atoms in total. The number of benzene rings is 1. The van der Waals surface area contributed by atoms with Crippen molar-refractivity contribution < 1.29 is 19.5 Å². The van der Waals surface area contributed by atoms with Crippen molar-refractivity contribution in [2.75, 3.05) is 18.5 Å². The van der Waals surface area contributed by atoms with Crippen LogP contribution >= 0.6 is 0 Å². The summed E-state index contributed by atoms with van der Waals surface area (Å²) in [6.45, 7) is 6.17. The van der Waals surface area contributed by atoms with Crippen LogP contribution in [0.15, 0.2) is 12.1 Å². The molecular weight excluding hydrogens is 326 g/mol. The van der Waals surface area contributed by atoms with Gasteiger partial charge in [0.05, 0.1) is 19.3 Å². The molecule has 0 radical (unpaired) electrons. The molecule has 25 heavy (non-hydrogen) atoms. The number of rotatable bonds is 11. The van der Waals surface area contributed by atoms with Crippen molar-refractivity contribution in [3.8, 4) is 5.75 Å². The van der Waals surface area contributed by atoms with Gasteiger partial charge in [0.1, 0.15) is 5.75 Å². The summed E-state index contributed by atoms with van der Waals surface area (Å²) in [4.78, 5) is 26.0. The Labute approximate surface area is 147 Å². The molecular formula is C17H27N3O5. The largest absolute Gasteiger partial charge is 0.494 e. The van der Waals surface area contributed by atoms with Crippen LogP contribution in [-0.2, 0) is 9.63 Å². The van der Waals surface area contributed by atoms with Crippen molar-refractivity contribution in [1.82, 2.24) is 0 Å². The Balaban J connectivity index is 2.38. The van der Waals surface area contributed by atoms with Gasteiger partial charge in [0.25, 0.3) is 5.09 Å². The number of carbonyl (C=O) groups excluding carboxylic acids is 1. The van der Waals surface area contributed by atoms with Crippen molar-refractivity contribution in [3.63, 3.8) is 0 Å². The Morgan fingerprint density at radius 2 is 1.76 bits per heavy atom. The fourth-order valence-corrected chi connectivity index (χ4v) is 2.33. The van der Waals surface area contributed by atoms with Gasteiger partial charge in [-0.3, -0.25) is 4.79 Å². The lowest BCUT2D eigenvalue weighted by atomic mass is 10.1. The number of amides is 1. The van der Waals surface area contributed by atoms with Gasteiger partial charge in [0, 0.05) is 5.69 Å². The Morgan fingerprint density at radius 1 is 1.20 bits per heavy atom. The van der Waals surface area contributed by atoms with Crippen LogP contribution in [0.5, 0.6) is 5.75 Å². The molecule has 3 N–H and O–H groups in total. The van der Waals surface area contributed by atoms with Crippen molar-refractivity contribution in [3.05, 3.63) is 33.4 Å². The predicted molar refractivity (Wildman–Crippen MR) is 95.1 cm³/mol. The smallest absolute Gasteiger partial charge is 0.294 e. The third-order valence-corrected chi connectivity index (χ3v) is 3.67. The summed E-state index contributed by atoms with van der Waals surface area (Å²) in [5.41, 5.74) is 8.17. The van der Waals surface area contributed by atoms with Crippen molar-refractivity contribution in [2.24, 2.45) is 5.73 Å². The molecule has 0 saturated heterocycles. The maximum atomic E-state index is 11.7. The first kappa shape index (κ1) is 20.7. The highest BCUT2D eigenvalue weighted by atomic mass is 16.9. The molecule has 0 saturated carbocycles. The molecule has 0 aliphatic carbocycles. The standard InChI is InChI=1S/C17H27N3O5/c1-12-10-15(11-13(2)16(12)19-17(21)14(3)18)24-8-6-4-5-7-9-25-20(22)23/h10-11,14H,4-9,18H2,1-3H3,(H,19,21). The van der Waals surface area contributed by atoms with Crippen molar-refractivity contribution in [1.29, 1.82) is 0 Å². The van der Waals surface area contributed by atoms with Crippen LogP contribution in [-0.4, -0.2) is 30.2 Å². The van der Waals surface area contributed by atoms with Crippen LogP contribution in [0.4, 0.5) is 5.69 Å². The molecule has 0 heterocycles. The minimum atomic E-state index is -0.770. The van der Waals surface area contributed by atoms with E-state index in [0.29, 0.717) is 13.0 Å². The quantitative estimate of drug-likeness (QED) is 0.359. The van der Waals surface area contributed by atoms with E-state index >= 15 is 0 Å². The fraction of sp³-hybridized carbons (Fsp3) is 0.588. The number of hydrogen-bond donors (Lipinski definition) is 2. The maximum Gasteiger partial charge on any atom is 0.294 e. The maximum absolute atomic E-state index is 11.7. The summed E-state index contributed by atoms with van der Waals surface area (Å²) in [5.74, 6) is 0.534. The Hall–Kier alpha value is -2.35. The molecule has 1 aromatic rings. The predicted octanol–water partition coefficient (Wildman–Crippen LogP) is 2.74. The van der Waals surface area contributed by atoms with Gasteiger partial charge in [-0.15, -0.1) is 10.1 Å². The number of carbonyl (C=O) groups is 1. The topological polar surface area (TPSA) is 117 Å². The number of nitrogens with zero attached hydrogens (tertiary/aromatic N) is 1. The molecule has 0 fully saturated rings. The molecule has 1 amide bonds. The van der Waals surface area contributed by atoms with Gasteiger partial charge in [-0.05, 0) is 56.9 Å². The third kappa shape index (κ3) is 7.84. The van der Waals surface area contributed by atoms with Gasteiger partial charge in [0.15, 0.2) is 0 Å². The average Bonchev–Trinajstić information content (AvgIpc) is 2.52. The number of ether oxygens (including phenoxy) is 1. The minimum Gasteiger partial charge on any atom is -0.494 e. The minimum absolute atomic E-state index is 0.140. The summed E-state index contributed by atoms with van der Waals surface area (Å²) in [5, 5.41) is 12.1. The van der Waals surface area contributed by atoms with E-state index in [-0.39, 0.29) is 12.5 Å². The van der Waals surface area contributed by atoms with Crippen LogP contribution < -0.4 is 15.8 Å². The van der Waals surface area contributed by atoms with Gasteiger partial charge >= 0.3 is 0 Å². The Kier molecular flexibility index (Phi) is 8.69. The zero-order valence-electron chi connectivity index (χ0n) is 15.0. The molecule has 0 aliphatic rings. The molecule has 1 atom stereocenters. The average molecular weight is 353 g/mol. The first-order chi connectivity index (χ1) is 11.8. The van der Waals surface area contributed by atoms with E-state index in [1.165, 1.54) is 0 Å². The van der Waals surface area contributed by atoms with Crippen LogP contribution in [0.25, 0.3) is 0 Å². The highest BCUT2D eigenvalue weighted by Gasteiger charge is 2.12. The van der Waals surface area contributed by atoms with Gasteiger partial charge in [-0.1, -0.05) is 12.8 Å². The lowest BCUT2D eigenvalue weighted by Gasteiger charge is -2.15. The molecule has 1 rings (SSSR count). The van der Waals surface area contributed by atoms with Crippen LogP contribution in [0.3, 0.4) is 0 Å². The van der Waals surface area contributed by atoms with Crippen LogP contribution in [0, 0.1) is 24.0 Å². The number of aryl methyl sites for hydroxylation is 2. The molecule has 1 unspecified atom stereocenters. The number of hydrogen-bond acceptors (Lipinski definition) is 6. The highest BCUT2D eigenvalue weighted by Crippen LogP contribution is 2.26. The molecule has 0 aromatic heterocycles. The van der Waals surface area contributed by atoms with Gasteiger partial charge in [0.2, 0.25) is 5.91 Å².